The second-order valence-corrected chi connectivity index (χ2v) is 4.31. The molecule has 0 amide bonds. The number of rotatable bonds is 3. The molecule has 1 aromatic heterocycles. The Labute approximate surface area is 101 Å². The fourth-order valence-corrected chi connectivity index (χ4v) is 1.91. The molecule has 0 radical (unpaired) electrons. The van der Waals surface area contributed by atoms with Gasteiger partial charge in [0.15, 0.2) is 0 Å². The molecule has 0 aliphatic carbocycles. The predicted molar refractivity (Wildman–Crippen MR) is 67.7 cm³/mol. The zero-order chi connectivity index (χ0) is 11.5. The lowest BCUT2D eigenvalue weighted by Crippen LogP contribution is -2.05. The van der Waals surface area contributed by atoms with Crippen LogP contribution in [0.15, 0.2) is 36.4 Å². The van der Waals surface area contributed by atoms with Crippen LogP contribution in [0.1, 0.15) is 26.3 Å². The molecule has 0 fully saturated rings. The summed E-state index contributed by atoms with van der Waals surface area (Å²) in [5.41, 5.74) is 2.04. The maximum absolute atomic E-state index is 6.17. The Kier molecular flexibility index (Phi) is 3.30. The Balaban J connectivity index is 2.38. The van der Waals surface area contributed by atoms with Crippen LogP contribution in [0.4, 0.5) is 0 Å². The zero-order valence-corrected chi connectivity index (χ0v) is 10.3. The van der Waals surface area contributed by atoms with Gasteiger partial charge in [-0.1, -0.05) is 48.9 Å². The van der Waals surface area contributed by atoms with Crippen molar-refractivity contribution in [1.29, 1.82) is 0 Å². The molecule has 0 saturated carbocycles. The van der Waals surface area contributed by atoms with Crippen LogP contribution in [0.2, 0.25) is 5.15 Å². The summed E-state index contributed by atoms with van der Waals surface area (Å²) in [6.07, 6.45) is 1.02. The molecule has 16 heavy (non-hydrogen) atoms. The topological polar surface area (TPSA) is 17.8 Å². The van der Waals surface area contributed by atoms with Gasteiger partial charge in [-0.2, -0.15) is 5.10 Å². The molecule has 1 unspecified atom stereocenters. The van der Waals surface area contributed by atoms with Crippen LogP contribution in [-0.2, 0) is 0 Å². The van der Waals surface area contributed by atoms with Gasteiger partial charge in [0.25, 0.3) is 0 Å². The van der Waals surface area contributed by atoms with E-state index in [0.29, 0.717) is 11.2 Å². The second-order valence-electron chi connectivity index (χ2n) is 3.92. The first kappa shape index (κ1) is 11.2. The van der Waals surface area contributed by atoms with Crippen molar-refractivity contribution in [3.05, 3.63) is 41.6 Å². The Morgan fingerprint density at radius 2 is 2.00 bits per heavy atom. The summed E-state index contributed by atoms with van der Waals surface area (Å²) in [5.74, 6) is 0. The second kappa shape index (κ2) is 4.71. The molecular formula is C13H15ClN2. The summed E-state index contributed by atoms with van der Waals surface area (Å²) in [4.78, 5) is 0. The van der Waals surface area contributed by atoms with Crippen molar-refractivity contribution in [3.63, 3.8) is 0 Å². The number of nitrogens with zero attached hydrogens (tertiary/aromatic N) is 2. The van der Waals surface area contributed by atoms with E-state index in [4.69, 9.17) is 11.6 Å². The van der Waals surface area contributed by atoms with E-state index in [9.17, 15) is 0 Å². The highest BCUT2D eigenvalue weighted by Gasteiger charge is 2.11. The lowest BCUT2D eigenvalue weighted by Gasteiger charge is -2.09. The predicted octanol–water partition coefficient (Wildman–Crippen LogP) is 4.17. The fraction of sp³-hybridized carbons (Fsp3) is 0.308. The van der Waals surface area contributed by atoms with Gasteiger partial charge in [-0.15, -0.1) is 0 Å². The Hall–Kier alpha value is -1.28. The monoisotopic (exact) mass is 234 g/mol. The number of halogens is 1. The summed E-state index contributed by atoms with van der Waals surface area (Å²) in [5, 5.41) is 5.24. The first-order chi connectivity index (χ1) is 7.72. The number of aromatic nitrogens is 2. The third-order valence-corrected chi connectivity index (χ3v) is 3.05. The Morgan fingerprint density at radius 1 is 1.31 bits per heavy atom. The molecule has 1 aromatic carbocycles. The summed E-state index contributed by atoms with van der Waals surface area (Å²) in [6.45, 7) is 4.25. The molecule has 0 spiro atoms. The highest BCUT2D eigenvalue weighted by atomic mass is 35.5. The van der Waals surface area contributed by atoms with Gasteiger partial charge in [0.1, 0.15) is 5.15 Å². The third kappa shape index (κ3) is 2.12. The smallest absolute Gasteiger partial charge is 0.127 e. The first-order valence-corrected chi connectivity index (χ1v) is 5.90. The lowest BCUT2D eigenvalue weighted by atomic mass is 10.2. The average molecular weight is 235 g/mol. The van der Waals surface area contributed by atoms with Gasteiger partial charge in [-0.25, -0.2) is 0 Å². The van der Waals surface area contributed by atoms with Crippen molar-refractivity contribution >= 4 is 11.6 Å². The SMILES string of the molecule is CCC(C)n1nc(-c2ccccc2)cc1Cl. The van der Waals surface area contributed by atoms with E-state index < -0.39 is 0 Å². The number of hydrogen-bond donors (Lipinski definition) is 0. The highest BCUT2D eigenvalue weighted by molar-refractivity contribution is 6.29. The van der Waals surface area contributed by atoms with Crippen LogP contribution >= 0.6 is 11.6 Å². The molecule has 2 aromatic rings. The fourth-order valence-electron chi connectivity index (χ4n) is 1.60. The van der Waals surface area contributed by atoms with Gasteiger partial charge in [0.05, 0.1) is 11.7 Å². The van der Waals surface area contributed by atoms with Gasteiger partial charge in [-0.3, -0.25) is 4.68 Å². The molecule has 2 nitrogen and oxygen atoms in total. The molecular weight excluding hydrogens is 220 g/mol. The van der Waals surface area contributed by atoms with Crippen LogP contribution in [0.25, 0.3) is 11.3 Å². The lowest BCUT2D eigenvalue weighted by molar-refractivity contribution is 0.480. The van der Waals surface area contributed by atoms with E-state index in [1.54, 1.807) is 0 Å². The molecule has 1 atom stereocenters. The molecule has 1 heterocycles. The first-order valence-electron chi connectivity index (χ1n) is 5.53. The van der Waals surface area contributed by atoms with Crippen LogP contribution < -0.4 is 0 Å². The maximum atomic E-state index is 6.17. The van der Waals surface area contributed by atoms with E-state index in [1.807, 2.05) is 41.1 Å². The van der Waals surface area contributed by atoms with Crippen LogP contribution in [0.5, 0.6) is 0 Å². The van der Waals surface area contributed by atoms with Crippen molar-refractivity contribution in [2.75, 3.05) is 0 Å². The largest absolute Gasteiger partial charge is 0.251 e. The molecule has 2 rings (SSSR count). The molecule has 0 saturated heterocycles. The van der Waals surface area contributed by atoms with Crippen molar-refractivity contribution in [2.24, 2.45) is 0 Å². The molecule has 84 valence electrons. The van der Waals surface area contributed by atoms with Gasteiger partial charge in [0, 0.05) is 11.6 Å². The Morgan fingerprint density at radius 3 is 2.62 bits per heavy atom. The molecule has 0 bridgehead atoms. The molecule has 0 N–H and O–H groups in total. The average Bonchev–Trinajstić information content (AvgIpc) is 2.71. The quantitative estimate of drug-likeness (QED) is 0.779. The molecule has 0 aliphatic rings. The van der Waals surface area contributed by atoms with Gasteiger partial charge in [-0.05, 0) is 13.3 Å². The standard InChI is InChI=1S/C13H15ClN2/c1-3-10(2)16-13(14)9-12(15-16)11-7-5-4-6-8-11/h4-10H,3H2,1-2H3. The van der Waals surface area contributed by atoms with Crippen LogP contribution in [0, 0.1) is 0 Å². The van der Waals surface area contributed by atoms with Crippen LogP contribution in [-0.4, -0.2) is 9.78 Å². The molecule has 3 heteroatoms. The zero-order valence-electron chi connectivity index (χ0n) is 9.52. The summed E-state index contributed by atoms with van der Waals surface area (Å²) in [6, 6.07) is 12.3. The van der Waals surface area contributed by atoms with Crippen LogP contribution in [0.3, 0.4) is 0 Å². The van der Waals surface area contributed by atoms with Crippen molar-refractivity contribution in [1.82, 2.24) is 9.78 Å². The maximum Gasteiger partial charge on any atom is 0.127 e. The van der Waals surface area contributed by atoms with E-state index in [-0.39, 0.29) is 0 Å². The van der Waals surface area contributed by atoms with Gasteiger partial charge >= 0.3 is 0 Å². The summed E-state index contributed by atoms with van der Waals surface area (Å²) >= 11 is 6.17. The minimum Gasteiger partial charge on any atom is -0.251 e. The number of benzene rings is 1. The van der Waals surface area contributed by atoms with E-state index >= 15 is 0 Å². The minimum absolute atomic E-state index is 0.338. The third-order valence-electron chi connectivity index (χ3n) is 2.77. The van der Waals surface area contributed by atoms with Crippen molar-refractivity contribution in [3.8, 4) is 11.3 Å². The highest BCUT2D eigenvalue weighted by Crippen LogP contribution is 2.25. The minimum atomic E-state index is 0.338. The normalized spacial score (nSPS) is 12.7. The Bertz CT molecular complexity index is 462. The van der Waals surface area contributed by atoms with Gasteiger partial charge < -0.3 is 0 Å². The summed E-state index contributed by atoms with van der Waals surface area (Å²) < 4.78 is 1.88. The van der Waals surface area contributed by atoms with E-state index in [0.717, 1.165) is 17.7 Å². The summed E-state index contributed by atoms with van der Waals surface area (Å²) in [7, 11) is 0. The van der Waals surface area contributed by atoms with Crippen molar-refractivity contribution < 1.29 is 0 Å². The van der Waals surface area contributed by atoms with Crippen molar-refractivity contribution in [2.45, 2.75) is 26.3 Å². The molecule has 0 aliphatic heterocycles. The van der Waals surface area contributed by atoms with E-state index in [1.165, 1.54) is 0 Å². The van der Waals surface area contributed by atoms with E-state index in [2.05, 4.69) is 18.9 Å². The number of hydrogen-bond acceptors (Lipinski definition) is 1. The van der Waals surface area contributed by atoms with Gasteiger partial charge in [0.2, 0.25) is 0 Å².